The van der Waals surface area contributed by atoms with Crippen molar-refractivity contribution in [2.75, 3.05) is 37.7 Å². The summed E-state index contributed by atoms with van der Waals surface area (Å²) in [4.78, 5) is 21.1. The zero-order valence-electron chi connectivity index (χ0n) is 14.8. The number of nitrogens with zero attached hydrogens (tertiary/aromatic N) is 3. The number of hydrogen-bond acceptors (Lipinski definition) is 4. The van der Waals surface area contributed by atoms with Gasteiger partial charge in [0.2, 0.25) is 0 Å². The van der Waals surface area contributed by atoms with Crippen molar-refractivity contribution < 1.29 is 9.53 Å². The largest absolute Gasteiger partial charge is 0.373 e. The number of hydrogen-bond donors (Lipinski definition) is 1. The lowest BCUT2D eigenvalue weighted by molar-refractivity contribution is -0.0246. The third kappa shape index (κ3) is 3.73. The lowest BCUT2D eigenvalue weighted by atomic mass is 9.82. The van der Waals surface area contributed by atoms with Crippen LogP contribution in [0.25, 0.3) is 0 Å². The molecule has 1 atom stereocenters. The van der Waals surface area contributed by atoms with Gasteiger partial charge in [0.25, 0.3) is 0 Å². The third-order valence-electron chi connectivity index (χ3n) is 5.84. The maximum Gasteiger partial charge on any atom is 0.317 e. The highest BCUT2D eigenvalue weighted by molar-refractivity contribution is 5.75. The summed E-state index contributed by atoms with van der Waals surface area (Å²) < 4.78 is 6.11. The Morgan fingerprint density at radius 2 is 1.96 bits per heavy atom. The lowest BCUT2D eigenvalue weighted by Crippen LogP contribution is -2.54. The zero-order valence-corrected chi connectivity index (χ0v) is 14.8. The number of urea groups is 1. The van der Waals surface area contributed by atoms with Gasteiger partial charge in [-0.25, -0.2) is 9.78 Å². The van der Waals surface area contributed by atoms with Gasteiger partial charge >= 0.3 is 6.03 Å². The van der Waals surface area contributed by atoms with E-state index in [-0.39, 0.29) is 17.7 Å². The molecular weight excluding hydrogens is 316 g/mol. The van der Waals surface area contributed by atoms with E-state index in [2.05, 4.69) is 15.2 Å². The number of nitrogens with one attached hydrogen (secondary N) is 1. The fourth-order valence-corrected chi connectivity index (χ4v) is 4.43. The van der Waals surface area contributed by atoms with Crippen LogP contribution in [0.5, 0.6) is 0 Å². The topological polar surface area (TPSA) is 57.7 Å². The first-order valence-corrected chi connectivity index (χ1v) is 9.60. The molecule has 1 aromatic heterocycles. The molecule has 0 radical (unpaired) electrons. The van der Waals surface area contributed by atoms with Gasteiger partial charge in [0, 0.05) is 32.4 Å². The molecule has 136 valence electrons. The molecule has 1 N–H and O–H groups in total. The second-order valence-corrected chi connectivity index (χ2v) is 7.57. The van der Waals surface area contributed by atoms with E-state index in [4.69, 9.17) is 4.74 Å². The lowest BCUT2D eigenvalue weighted by Gasteiger charge is -2.36. The molecule has 1 saturated carbocycles. The Hall–Kier alpha value is -1.82. The summed E-state index contributed by atoms with van der Waals surface area (Å²) in [6.45, 7) is 3.80. The molecule has 2 saturated heterocycles. The predicted molar refractivity (Wildman–Crippen MR) is 96.7 cm³/mol. The van der Waals surface area contributed by atoms with Crippen molar-refractivity contribution in [3.05, 3.63) is 24.4 Å². The summed E-state index contributed by atoms with van der Waals surface area (Å²) in [5.41, 5.74) is 0.0495. The van der Waals surface area contributed by atoms with Gasteiger partial charge < -0.3 is 19.9 Å². The number of ether oxygens (including phenoxy) is 1. The minimum Gasteiger partial charge on any atom is -0.373 e. The fraction of sp³-hybridized carbons (Fsp3) is 0.684. The average molecular weight is 344 g/mol. The first-order valence-electron chi connectivity index (χ1n) is 9.60. The zero-order chi connectivity index (χ0) is 17.1. The first kappa shape index (κ1) is 16.6. The molecular formula is C19H28N4O2. The van der Waals surface area contributed by atoms with Crippen molar-refractivity contribution in [2.45, 2.75) is 50.2 Å². The molecule has 3 fully saturated rings. The second-order valence-electron chi connectivity index (χ2n) is 7.57. The van der Waals surface area contributed by atoms with Crippen molar-refractivity contribution in [2.24, 2.45) is 0 Å². The Kier molecular flexibility index (Phi) is 4.79. The number of amides is 2. The molecule has 2 amide bonds. The number of piperazine rings is 1. The molecule has 6 nitrogen and oxygen atoms in total. The Morgan fingerprint density at radius 3 is 2.68 bits per heavy atom. The van der Waals surface area contributed by atoms with E-state index in [1.54, 1.807) is 0 Å². The fourth-order valence-electron chi connectivity index (χ4n) is 4.43. The highest BCUT2D eigenvalue weighted by atomic mass is 16.5. The highest BCUT2D eigenvalue weighted by Gasteiger charge is 2.41. The van der Waals surface area contributed by atoms with Crippen molar-refractivity contribution in [3.8, 4) is 0 Å². The molecule has 2 aliphatic heterocycles. The van der Waals surface area contributed by atoms with Gasteiger partial charge in [0.05, 0.1) is 18.2 Å². The molecule has 1 aliphatic carbocycles. The predicted octanol–water partition coefficient (Wildman–Crippen LogP) is 2.41. The Morgan fingerprint density at radius 1 is 1.16 bits per heavy atom. The van der Waals surface area contributed by atoms with Crippen LogP contribution >= 0.6 is 0 Å². The molecule has 6 heteroatoms. The minimum atomic E-state index is 0.0495. The van der Waals surface area contributed by atoms with Crippen LogP contribution in [0.15, 0.2) is 24.4 Å². The monoisotopic (exact) mass is 344 g/mol. The highest BCUT2D eigenvalue weighted by Crippen LogP contribution is 2.39. The first-order chi connectivity index (χ1) is 12.2. The van der Waals surface area contributed by atoms with E-state index >= 15 is 0 Å². The van der Waals surface area contributed by atoms with Crippen molar-refractivity contribution >= 4 is 11.8 Å². The second kappa shape index (κ2) is 7.20. The van der Waals surface area contributed by atoms with Crippen LogP contribution in [-0.2, 0) is 4.74 Å². The smallest absolute Gasteiger partial charge is 0.317 e. The number of carbonyl (C=O) groups excluding carboxylic acids is 1. The SMILES string of the molecule is O=C(NC1COC2(CCCCC2)C1)N1CCN(c2ccccn2)CC1. The van der Waals surface area contributed by atoms with Crippen LogP contribution in [0.1, 0.15) is 38.5 Å². The minimum absolute atomic E-state index is 0.0495. The van der Waals surface area contributed by atoms with Gasteiger partial charge in [-0.1, -0.05) is 25.3 Å². The maximum atomic E-state index is 12.6. The van der Waals surface area contributed by atoms with Crippen LogP contribution in [0.4, 0.5) is 10.6 Å². The van der Waals surface area contributed by atoms with Crippen molar-refractivity contribution in [1.82, 2.24) is 15.2 Å². The molecule has 3 aliphatic rings. The van der Waals surface area contributed by atoms with E-state index in [9.17, 15) is 4.79 Å². The van der Waals surface area contributed by atoms with Crippen LogP contribution in [0.2, 0.25) is 0 Å². The van der Waals surface area contributed by atoms with E-state index in [1.165, 1.54) is 19.3 Å². The quantitative estimate of drug-likeness (QED) is 0.895. The number of aromatic nitrogens is 1. The van der Waals surface area contributed by atoms with Crippen molar-refractivity contribution in [1.29, 1.82) is 0 Å². The van der Waals surface area contributed by atoms with E-state index in [1.807, 2.05) is 29.3 Å². The van der Waals surface area contributed by atoms with Gasteiger partial charge in [-0.3, -0.25) is 0 Å². The van der Waals surface area contributed by atoms with Crippen LogP contribution < -0.4 is 10.2 Å². The van der Waals surface area contributed by atoms with Gasteiger partial charge in [-0.05, 0) is 31.4 Å². The van der Waals surface area contributed by atoms with Crippen LogP contribution in [-0.4, -0.2) is 60.3 Å². The summed E-state index contributed by atoms with van der Waals surface area (Å²) in [5.74, 6) is 0.992. The molecule has 25 heavy (non-hydrogen) atoms. The molecule has 3 heterocycles. The van der Waals surface area contributed by atoms with E-state index in [0.717, 1.165) is 51.3 Å². The third-order valence-corrected chi connectivity index (χ3v) is 5.84. The summed E-state index contributed by atoms with van der Waals surface area (Å²) in [6, 6.07) is 6.18. The Bertz CT molecular complexity index is 580. The van der Waals surface area contributed by atoms with Crippen LogP contribution in [0, 0.1) is 0 Å². The maximum absolute atomic E-state index is 12.6. The normalized spacial score (nSPS) is 26.0. The van der Waals surface area contributed by atoms with E-state index in [0.29, 0.717) is 6.61 Å². The summed E-state index contributed by atoms with van der Waals surface area (Å²) >= 11 is 0. The van der Waals surface area contributed by atoms with E-state index < -0.39 is 0 Å². The van der Waals surface area contributed by atoms with Gasteiger partial charge in [-0.2, -0.15) is 0 Å². The molecule has 1 unspecified atom stereocenters. The number of pyridine rings is 1. The van der Waals surface area contributed by atoms with Crippen LogP contribution in [0.3, 0.4) is 0 Å². The molecule has 0 aromatic carbocycles. The number of anilines is 1. The van der Waals surface area contributed by atoms with Crippen molar-refractivity contribution in [3.63, 3.8) is 0 Å². The summed E-state index contributed by atoms with van der Waals surface area (Å²) in [5, 5.41) is 3.20. The Balaban J connectivity index is 1.26. The standard InChI is InChI=1S/C19H28N4O2/c24-18(21-16-14-19(25-15-16)7-3-1-4-8-19)23-12-10-22(11-13-23)17-6-2-5-9-20-17/h2,5-6,9,16H,1,3-4,7-8,10-15H2,(H,21,24). The molecule has 1 spiro atoms. The number of carbonyl (C=O) groups is 1. The molecule has 4 rings (SSSR count). The summed E-state index contributed by atoms with van der Waals surface area (Å²) in [6.07, 6.45) is 8.95. The Labute approximate surface area is 149 Å². The number of rotatable bonds is 2. The van der Waals surface area contributed by atoms with Gasteiger partial charge in [0.1, 0.15) is 5.82 Å². The molecule has 0 bridgehead atoms. The average Bonchev–Trinajstić information content (AvgIpc) is 3.05. The molecule has 1 aromatic rings. The van der Waals surface area contributed by atoms with Gasteiger partial charge in [0.15, 0.2) is 0 Å². The van der Waals surface area contributed by atoms with Gasteiger partial charge in [-0.15, -0.1) is 0 Å². The summed E-state index contributed by atoms with van der Waals surface area (Å²) in [7, 11) is 0.